The predicted octanol–water partition coefficient (Wildman–Crippen LogP) is 2.81. The van der Waals surface area contributed by atoms with Gasteiger partial charge in [0, 0.05) is 30.8 Å². The molecule has 0 amide bonds. The van der Waals surface area contributed by atoms with Gasteiger partial charge >= 0.3 is 0 Å². The van der Waals surface area contributed by atoms with Crippen LogP contribution in [0.5, 0.6) is 0 Å². The van der Waals surface area contributed by atoms with Crippen LogP contribution in [0, 0.1) is 10.1 Å². The maximum absolute atomic E-state index is 10.8. The van der Waals surface area contributed by atoms with Crippen molar-refractivity contribution >= 4 is 5.69 Å². The van der Waals surface area contributed by atoms with E-state index in [4.69, 9.17) is 4.74 Å². The molecular formula is C14H20N2O3. The molecule has 5 heteroatoms. The highest BCUT2D eigenvalue weighted by atomic mass is 16.6. The van der Waals surface area contributed by atoms with E-state index in [0.29, 0.717) is 6.04 Å². The molecule has 1 heterocycles. The fraction of sp³-hybridized carbons (Fsp3) is 0.571. The van der Waals surface area contributed by atoms with Gasteiger partial charge in [-0.2, -0.15) is 0 Å². The third-order valence-electron chi connectivity index (χ3n) is 3.68. The molecule has 1 aromatic carbocycles. The number of hydrogen-bond donors (Lipinski definition) is 1. The Kier molecular flexibility index (Phi) is 4.50. The molecule has 0 saturated carbocycles. The van der Waals surface area contributed by atoms with E-state index in [9.17, 15) is 10.1 Å². The molecule has 1 aliphatic heterocycles. The molecule has 3 atom stereocenters. The fourth-order valence-corrected chi connectivity index (χ4v) is 2.51. The number of benzene rings is 1. The Morgan fingerprint density at radius 1 is 1.58 bits per heavy atom. The summed E-state index contributed by atoms with van der Waals surface area (Å²) in [6.45, 7) is 4.92. The van der Waals surface area contributed by atoms with E-state index in [-0.39, 0.29) is 22.8 Å². The number of rotatable bonds is 5. The van der Waals surface area contributed by atoms with E-state index in [1.807, 2.05) is 6.07 Å². The number of nitro benzene ring substituents is 1. The first-order valence-corrected chi connectivity index (χ1v) is 6.73. The Morgan fingerprint density at radius 3 is 2.95 bits per heavy atom. The Bertz CT molecular complexity index is 450. The van der Waals surface area contributed by atoms with Crippen molar-refractivity contribution in [2.75, 3.05) is 6.61 Å². The smallest absolute Gasteiger partial charge is 0.269 e. The van der Waals surface area contributed by atoms with Crippen molar-refractivity contribution < 1.29 is 9.66 Å². The van der Waals surface area contributed by atoms with Gasteiger partial charge in [0.2, 0.25) is 0 Å². The third-order valence-corrected chi connectivity index (χ3v) is 3.68. The molecule has 1 aliphatic rings. The van der Waals surface area contributed by atoms with Gasteiger partial charge in [-0.15, -0.1) is 0 Å². The summed E-state index contributed by atoms with van der Waals surface area (Å²) in [6.07, 6.45) is 2.09. The van der Waals surface area contributed by atoms with Gasteiger partial charge in [-0.25, -0.2) is 0 Å². The summed E-state index contributed by atoms with van der Waals surface area (Å²) < 4.78 is 5.54. The van der Waals surface area contributed by atoms with Crippen molar-refractivity contribution in [1.29, 1.82) is 0 Å². The monoisotopic (exact) mass is 264 g/mol. The normalized spacial score (nSPS) is 24.3. The second kappa shape index (κ2) is 6.12. The molecule has 1 N–H and O–H groups in total. The lowest BCUT2D eigenvalue weighted by Gasteiger charge is -2.24. The number of nitrogens with zero attached hydrogens (tertiary/aromatic N) is 1. The molecule has 104 valence electrons. The molecule has 0 aliphatic carbocycles. The average Bonchev–Trinajstić information content (AvgIpc) is 2.81. The first-order valence-electron chi connectivity index (χ1n) is 6.73. The van der Waals surface area contributed by atoms with Gasteiger partial charge in [0.15, 0.2) is 0 Å². The van der Waals surface area contributed by atoms with Crippen LogP contribution >= 0.6 is 0 Å². The van der Waals surface area contributed by atoms with Crippen molar-refractivity contribution in [2.45, 2.75) is 44.9 Å². The zero-order valence-electron chi connectivity index (χ0n) is 11.3. The quantitative estimate of drug-likeness (QED) is 0.656. The molecule has 3 unspecified atom stereocenters. The van der Waals surface area contributed by atoms with Crippen molar-refractivity contribution in [3.63, 3.8) is 0 Å². The third kappa shape index (κ3) is 3.30. The van der Waals surface area contributed by atoms with Gasteiger partial charge in [0.05, 0.1) is 11.0 Å². The molecule has 0 bridgehead atoms. The van der Waals surface area contributed by atoms with Gasteiger partial charge in [-0.05, 0) is 25.3 Å². The minimum absolute atomic E-state index is 0.133. The molecule has 0 spiro atoms. The fourth-order valence-electron chi connectivity index (χ4n) is 2.51. The van der Waals surface area contributed by atoms with Crippen LogP contribution in [-0.2, 0) is 4.74 Å². The van der Waals surface area contributed by atoms with Gasteiger partial charge in [-0.3, -0.25) is 10.1 Å². The first-order chi connectivity index (χ1) is 9.11. The summed E-state index contributed by atoms with van der Waals surface area (Å²) in [5.41, 5.74) is 1.12. The van der Waals surface area contributed by atoms with Crippen LogP contribution in [0.25, 0.3) is 0 Å². The topological polar surface area (TPSA) is 64.4 Å². The first kappa shape index (κ1) is 14.0. The highest BCUT2D eigenvalue weighted by molar-refractivity contribution is 5.35. The summed E-state index contributed by atoms with van der Waals surface area (Å²) in [4.78, 5) is 10.5. The minimum Gasteiger partial charge on any atom is -0.377 e. The van der Waals surface area contributed by atoms with Crippen LogP contribution in [0.1, 0.15) is 38.3 Å². The summed E-state index contributed by atoms with van der Waals surface area (Å²) in [5, 5.41) is 14.4. The van der Waals surface area contributed by atoms with Gasteiger partial charge in [0.25, 0.3) is 5.69 Å². The summed E-state index contributed by atoms with van der Waals surface area (Å²) >= 11 is 0. The van der Waals surface area contributed by atoms with Crippen molar-refractivity contribution in [2.24, 2.45) is 0 Å². The molecule has 19 heavy (non-hydrogen) atoms. The number of nitrogens with one attached hydrogen (secondary N) is 1. The molecule has 1 fully saturated rings. The molecule has 1 saturated heterocycles. The van der Waals surface area contributed by atoms with Crippen molar-refractivity contribution in [3.05, 3.63) is 39.9 Å². The van der Waals surface area contributed by atoms with Crippen LogP contribution in [0.4, 0.5) is 5.69 Å². The molecule has 0 aromatic heterocycles. The van der Waals surface area contributed by atoms with E-state index >= 15 is 0 Å². The van der Waals surface area contributed by atoms with Crippen LogP contribution in [-0.4, -0.2) is 23.7 Å². The highest BCUT2D eigenvalue weighted by Crippen LogP contribution is 2.24. The van der Waals surface area contributed by atoms with Gasteiger partial charge in [-0.1, -0.05) is 19.1 Å². The number of nitro groups is 1. The predicted molar refractivity (Wildman–Crippen MR) is 73.1 cm³/mol. The summed E-state index contributed by atoms with van der Waals surface area (Å²) in [5.74, 6) is 0. The average molecular weight is 264 g/mol. The van der Waals surface area contributed by atoms with Crippen LogP contribution in [0.15, 0.2) is 24.3 Å². The van der Waals surface area contributed by atoms with Crippen molar-refractivity contribution in [3.8, 4) is 0 Å². The molecule has 0 radical (unpaired) electrons. The molecule has 5 nitrogen and oxygen atoms in total. The van der Waals surface area contributed by atoms with E-state index in [1.54, 1.807) is 12.1 Å². The lowest BCUT2D eigenvalue weighted by atomic mass is 10.0. The maximum Gasteiger partial charge on any atom is 0.269 e. The summed E-state index contributed by atoms with van der Waals surface area (Å²) in [7, 11) is 0. The lowest BCUT2D eigenvalue weighted by molar-refractivity contribution is -0.384. The Labute approximate surface area is 113 Å². The van der Waals surface area contributed by atoms with Gasteiger partial charge in [0.1, 0.15) is 0 Å². The van der Waals surface area contributed by atoms with Crippen LogP contribution in [0.2, 0.25) is 0 Å². The lowest BCUT2D eigenvalue weighted by Crippen LogP contribution is -2.37. The second-order valence-corrected chi connectivity index (χ2v) is 4.95. The molecular weight excluding hydrogens is 244 g/mol. The second-order valence-electron chi connectivity index (χ2n) is 4.95. The van der Waals surface area contributed by atoms with E-state index < -0.39 is 0 Å². The molecule has 1 aromatic rings. The highest BCUT2D eigenvalue weighted by Gasteiger charge is 2.26. The largest absolute Gasteiger partial charge is 0.377 e. The summed E-state index contributed by atoms with van der Waals surface area (Å²) in [6, 6.07) is 7.32. The Hall–Kier alpha value is -1.46. The molecule has 2 rings (SSSR count). The maximum atomic E-state index is 10.8. The standard InChI is InChI=1S/C14H20N2O3/c1-3-13(15-14-7-8-19-10(14)2)11-5-4-6-12(9-11)16(17)18/h4-6,9-10,13-15H,3,7-8H2,1-2H3. The zero-order valence-corrected chi connectivity index (χ0v) is 11.3. The van der Waals surface area contributed by atoms with E-state index in [0.717, 1.165) is 25.0 Å². The zero-order chi connectivity index (χ0) is 13.8. The Balaban J connectivity index is 2.12. The Morgan fingerprint density at radius 2 is 2.37 bits per heavy atom. The number of hydrogen-bond acceptors (Lipinski definition) is 4. The van der Waals surface area contributed by atoms with E-state index in [2.05, 4.69) is 19.2 Å². The van der Waals surface area contributed by atoms with Gasteiger partial charge < -0.3 is 10.1 Å². The minimum atomic E-state index is -0.350. The van der Waals surface area contributed by atoms with Crippen LogP contribution in [0.3, 0.4) is 0 Å². The SMILES string of the molecule is CCC(NC1CCOC1C)c1cccc([N+](=O)[O-])c1. The number of non-ortho nitro benzene ring substituents is 1. The van der Waals surface area contributed by atoms with Crippen LogP contribution < -0.4 is 5.32 Å². The number of ether oxygens (including phenoxy) is 1. The van der Waals surface area contributed by atoms with E-state index in [1.165, 1.54) is 6.07 Å². The van der Waals surface area contributed by atoms with Crippen molar-refractivity contribution in [1.82, 2.24) is 5.32 Å².